The minimum absolute atomic E-state index is 0.228. The van der Waals surface area contributed by atoms with E-state index in [2.05, 4.69) is 16.9 Å². The number of nitrogens with two attached hydrogens (primary N) is 1. The third-order valence-electron chi connectivity index (χ3n) is 2.00. The molecule has 1 aliphatic rings. The molecule has 0 amide bonds. The van der Waals surface area contributed by atoms with Crippen molar-refractivity contribution in [2.45, 2.75) is 13.3 Å². The molecule has 1 rings (SSSR count). The highest BCUT2D eigenvalue weighted by Crippen LogP contribution is 2.19. The molecule has 0 saturated heterocycles. The lowest BCUT2D eigenvalue weighted by atomic mass is 10.1. The topological polar surface area (TPSA) is 79.9 Å². The van der Waals surface area contributed by atoms with E-state index in [0.717, 1.165) is 0 Å². The molecule has 5 nitrogen and oxygen atoms in total. The summed E-state index contributed by atoms with van der Waals surface area (Å²) in [4.78, 5) is 3.79. The van der Waals surface area contributed by atoms with Gasteiger partial charge in [0.15, 0.2) is 0 Å². The van der Waals surface area contributed by atoms with Crippen LogP contribution in [0.15, 0.2) is 40.8 Å². The molecule has 1 atom stereocenters. The van der Waals surface area contributed by atoms with E-state index in [1.807, 2.05) is 6.92 Å². The second kappa shape index (κ2) is 4.65. The largest absolute Gasteiger partial charge is 0.496 e. The van der Waals surface area contributed by atoms with E-state index in [9.17, 15) is 5.11 Å². The first-order valence-electron chi connectivity index (χ1n) is 4.49. The van der Waals surface area contributed by atoms with E-state index in [1.54, 1.807) is 19.3 Å². The standard InChI is InChI=1S/C10H15N3O2/c1-4-6-8(7(5-2)15-3)9(11)13-10(14)12-6/h4-5,10,12,14H,1H2,2-3H3,(H2,11,13)/b7-5+. The number of hydrogen-bond donors (Lipinski definition) is 3. The quantitative estimate of drug-likeness (QED) is 0.581. The Morgan fingerprint density at radius 1 is 1.73 bits per heavy atom. The average molecular weight is 209 g/mol. The van der Waals surface area contributed by atoms with Crippen LogP contribution in [0.25, 0.3) is 0 Å². The summed E-state index contributed by atoms with van der Waals surface area (Å²) in [5.74, 6) is 0.816. The summed E-state index contributed by atoms with van der Waals surface area (Å²) < 4.78 is 5.15. The first-order valence-corrected chi connectivity index (χ1v) is 4.49. The number of allylic oxidation sites excluding steroid dienone is 2. The lowest BCUT2D eigenvalue weighted by Crippen LogP contribution is -2.37. The third kappa shape index (κ3) is 2.19. The zero-order valence-electron chi connectivity index (χ0n) is 8.82. The Hall–Kier alpha value is -1.75. The van der Waals surface area contributed by atoms with Crippen molar-refractivity contribution in [3.8, 4) is 0 Å². The van der Waals surface area contributed by atoms with E-state index < -0.39 is 6.35 Å². The number of hydrogen-bond acceptors (Lipinski definition) is 5. The minimum Gasteiger partial charge on any atom is -0.496 e. The number of aliphatic hydroxyl groups is 1. The molecule has 1 aliphatic heterocycles. The van der Waals surface area contributed by atoms with E-state index in [4.69, 9.17) is 10.5 Å². The van der Waals surface area contributed by atoms with Gasteiger partial charge >= 0.3 is 0 Å². The Balaban J connectivity index is 3.21. The van der Waals surface area contributed by atoms with Gasteiger partial charge in [0.1, 0.15) is 11.6 Å². The first-order chi connectivity index (χ1) is 7.13. The van der Waals surface area contributed by atoms with Crippen LogP contribution in [0.5, 0.6) is 0 Å². The van der Waals surface area contributed by atoms with Gasteiger partial charge in [-0.05, 0) is 19.1 Å². The minimum atomic E-state index is -1.03. The van der Waals surface area contributed by atoms with E-state index in [1.165, 1.54) is 0 Å². The van der Waals surface area contributed by atoms with Crippen LogP contribution in [0, 0.1) is 0 Å². The Morgan fingerprint density at radius 3 is 2.87 bits per heavy atom. The van der Waals surface area contributed by atoms with Crippen LogP contribution in [0.1, 0.15) is 6.92 Å². The molecule has 15 heavy (non-hydrogen) atoms. The van der Waals surface area contributed by atoms with Gasteiger partial charge in [-0.15, -0.1) is 0 Å². The molecule has 0 fully saturated rings. The molecule has 0 bridgehead atoms. The average Bonchev–Trinajstić information content (AvgIpc) is 2.21. The molecule has 0 aromatic carbocycles. The number of amidine groups is 1. The number of methoxy groups -OCH3 is 1. The molecule has 0 spiro atoms. The predicted molar refractivity (Wildman–Crippen MR) is 58.8 cm³/mol. The number of nitrogens with one attached hydrogen (secondary N) is 1. The summed E-state index contributed by atoms with van der Waals surface area (Å²) in [6.45, 7) is 5.45. The smallest absolute Gasteiger partial charge is 0.225 e. The second-order valence-corrected chi connectivity index (χ2v) is 2.88. The van der Waals surface area contributed by atoms with Crippen molar-refractivity contribution in [2.75, 3.05) is 7.11 Å². The third-order valence-corrected chi connectivity index (χ3v) is 2.00. The molecule has 0 aliphatic carbocycles. The fourth-order valence-corrected chi connectivity index (χ4v) is 1.36. The van der Waals surface area contributed by atoms with Gasteiger partial charge in [-0.2, -0.15) is 0 Å². The van der Waals surface area contributed by atoms with Crippen LogP contribution >= 0.6 is 0 Å². The normalized spacial score (nSPS) is 21.9. The van der Waals surface area contributed by atoms with Crippen LogP contribution in [0.4, 0.5) is 0 Å². The summed E-state index contributed by atoms with van der Waals surface area (Å²) >= 11 is 0. The van der Waals surface area contributed by atoms with Crippen molar-refractivity contribution in [3.05, 3.63) is 35.8 Å². The molecule has 0 aromatic heterocycles. The molecular formula is C10H15N3O2. The number of rotatable bonds is 3. The van der Waals surface area contributed by atoms with Gasteiger partial charge in [0.2, 0.25) is 6.35 Å². The van der Waals surface area contributed by atoms with E-state index in [-0.39, 0.29) is 5.84 Å². The molecule has 0 saturated carbocycles. The molecule has 0 radical (unpaired) electrons. The lowest BCUT2D eigenvalue weighted by Gasteiger charge is -2.22. The molecule has 1 unspecified atom stereocenters. The predicted octanol–water partition coefficient (Wildman–Crippen LogP) is 0.213. The monoisotopic (exact) mass is 209 g/mol. The molecule has 5 heteroatoms. The fraction of sp³-hybridized carbons (Fsp3) is 0.300. The number of aliphatic hydroxyl groups excluding tert-OH is 1. The maximum Gasteiger partial charge on any atom is 0.225 e. The van der Waals surface area contributed by atoms with Crippen LogP contribution in [-0.4, -0.2) is 24.4 Å². The summed E-state index contributed by atoms with van der Waals surface area (Å²) in [6.07, 6.45) is 2.29. The number of ether oxygens (including phenoxy) is 1. The second-order valence-electron chi connectivity index (χ2n) is 2.88. The number of nitrogens with zero attached hydrogens (tertiary/aromatic N) is 1. The Kier molecular flexibility index (Phi) is 3.51. The van der Waals surface area contributed by atoms with Crippen molar-refractivity contribution in [3.63, 3.8) is 0 Å². The highest BCUT2D eigenvalue weighted by atomic mass is 16.5. The fourth-order valence-electron chi connectivity index (χ4n) is 1.36. The summed E-state index contributed by atoms with van der Waals surface area (Å²) in [6, 6.07) is 0. The summed E-state index contributed by atoms with van der Waals surface area (Å²) in [7, 11) is 1.54. The van der Waals surface area contributed by atoms with Gasteiger partial charge in [-0.25, -0.2) is 4.99 Å². The zero-order valence-corrected chi connectivity index (χ0v) is 8.82. The molecular weight excluding hydrogens is 194 g/mol. The Morgan fingerprint density at radius 2 is 2.40 bits per heavy atom. The summed E-state index contributed by atoms with van der Waals surface area (Å²) in [5.41, 5.74) is 6.92. The van der Waals surface area contributed by atoms with Gasteiger partial charge < -0.3 is 20.9 Å². The van der Waals surface area contributed by atoms with Crippen LogP contribution in [0.2, 0.25) is 0 Å². The summed E-state index contributed by atoms with van der Waals surface area (Å²) in [5, 5.41) is 12.0. The van der Waals surface area contributed by atoms with Crippen LogP contribution in [0.3, 0.4) is 0 Å². The van der Waals surface area contributed by atoms with Crippen LogP contribution in [-0.2, 0) is 4.74 Å². The molecule has 1 heterocycles. The van der Waals surface area contributed by atoms with Gasteiger partial charge in [0.05, 0.1) is 18.4 Å². The Labute approximate surface area is 88.6 Å². The molecule has 0 aromatic rings. The SMILES string of the molecule is C=CC1=C(/C(=C\C)OC)C(N)=NC(O)N1. The van der Waals surface area contributed by atoms with Crippen molar-refractivity contribution in [1.82, 2.24) is 5.32 Å². The maximum absolute atomic E-state index is 9.31. The van der Waals surface area contributed by atoms with Crippen LogP contribution < -0.4 is 11.1 Å². The van der Waals surface area contributed by atoms with Gasteiger partial charge in [-0.1, -0.05) is 6.58 Å². The zero-order chi connectivity index (χ0) is 11.4. The maximum atomic E-state index is 9.31. The number of aliphatic imine (C=N–C) groups is 1. The van der Waals surface area contributed by atoms with Crippen molar-refractivity contribution >= 4 is 5.84 Å². The van der Waals surface area contributed by atoms with Gasteiger partial charge in [0, 0.05) is 0 Å². The Bertz CT molecular complexity index is 356. The van der Waals surface area contributed by atoms with Crippen molar-refractivity contribution in [1.29, 1.82) is 0 Å². The van der Waals surface area contributed by atoms with Gasteiger partial charge in [-0.3, -0.25) is 0 Å². The van der Waals surface area contributed by atoms with E-state index in [0.29, 0.717) is 17.0 Å². The first kappa shape index (κ1) is 11.3. The van der Waals surface area contributed by atoms with E-state index >= 15 is 0 Å². The van der Waals surface area contributed by atoms with Gasteiger partial charge in [0.25, 0.3) is 0 Å². The lowest BCUT2D eigenvalue weighted by molar-refractivity contribution is 0.157. The van der Waals surface area contributed by atoms with Crippen molar-refractivity contribution < 1.29 is 9.84 Å². The highest BCUT2D eigenvalue weighted by molar-refractivity contribution is 6.02. The highest BCUT2D eigenvalue weighted by Gasteiger charge is 2.21. The molecule has 4 N–H and O–H groups in total. The van der Waals surface area contributed by atoms with Crippen molar-refractivity contribution in [2.24, 2.45) is 10.7 Å². The molecule has 82 valence electrons.